The lowest BCUT2D eigenvalue weighted by Crippen LogP contribution is -2.33. The van der Waals surface area contributed by atoms with Crippen LogP contribution in [0.2, 0.25) is 0 Å². The van der Waals surface area contributed by atoms with Crippen LogP contribution in [-0.2, 0) is 20.9 Å². The lowest BCUT2D eigenvalue weighted by molar-refractivity contribution is -0.132. The summed E-state index contributed by atoms with van der Waals surface area (Å²) in [7, 11) is 0. The number of amides is 1. The fourth-order valence-corrected chi connectivity index (χ4v) is 1.74. The number of ether oxygens (including phenoxy) is 2. The van der Waals surface area contributed by atoms with Crippen LogP contribution in [-0.4, -0.2) is 36.4 Å². The van der Waals surface area contributed by atoms with Crippen LogP contribution in [0.4, 0.5) is 4.79 Å². The van der Waals surface area contributed by atoms with Gasteiger partial charge < -0.3 is 19.9 Å². The van der Waals surface area contributed by atoms with Gasteiger partial charge in [0, 0.05) is 12.2 Å². The molecular formula is C17H23NO5. The highest BCUT2D eigenvalue weighted by molar-refractivity contribution is 5.85. The Morgan fingerprint density at radius 2 is 2.00 bits per heavy atom. The van der Waals surface area contributed by atoms with Crippen molar-refractivity contribution >= 4 is 12.1 Å². The van der Waals surface area contributed by atoms with E-state index in [4.69, 9.17) is 14.6 Å². The average Bonchev–Trinajstić information content (AvgIpc) is 2.56. The molecule has 0 aliphatic heterocycles. The molecule has 0 saturated heterocycles. The zero-order valence-corrected chi connectivity index (χ0v) is 13.5. The van der Waals surface area contributed by atoms with Gasteiger partial charge in [0.05, 0.1) is 12.6 Å². The van der Waals surface area contributed by atoms with Crippen LogP contribution >= 0.6 is 0 Å². The van der Waals surface area contributed by atoms with Gasteiger partial charge >= 0.3 is 12.1 Å². The van der Waals surface area contributed by atoms with Gasteiger partial charge in [0.1, 0.15) is 6.61 Å². The number of carboxylic acid groups (broad SMARTS) is 1. The number of benzene rings is 1. The van der Waals surface area contributed by atoms with E-state index < -0.39 is 18.2 Å². The maximum Gasteiger partial charge on any atom is 0.407 e. The molecule has 0 spiro atoms. The van der Waals surface area contributed by atoms with Gasteiger partial charge in [-0.2, -0.15) is 0 Å². The number of rotatable bonds is 9. The number of carboxylic acids is 1. The number of hydrogen-bond donors (Lipinski definition) is 2. The third-order valence-electron chi connectivity index (χ3n) is 2.97. The van der Waals surface area contributed by atoms with E-state index in [9.17, 15) is 9.59 Å². The van der Waals surface area contributed by atoms with Crippen LogP contribution in [0.1, 0.15) is 25.8 Å². The van der Waals surface area contributed by atoms with E-state index in [0.29, 0.717) is 6.61 Å². The third-order valence-corrected chi connectivity index (χ3v) is 2.97. The van der Waals surface area contributed by atoms with Gasteiger partial charge in [-0.15, -0.1) is 0 Å². The van der Waals surface area contributed by atoms with Crippen LogP contribution < -0.4 is 5.32 Å². The molecule has 0 saturated carbocycles. The number of carbonyl (C=O) groups is 2. The van der Waals surface area contributed by atoms with E-state index in [1.54, 1.807) is 0 Å². The van der Waals surface area contributed by atoms with Crippen LogP contribution in [0.15, 0.2) is 42.0 Å². The maximum absolute atomic E-state index is 11.7. The molecule has 0 aliphatic rings. The summed E-state index contributed by atoms with van der Waals surface area (Å²) >= 11 is 0. The smallest absolute Gasteiger partial charge is 0.407 e. The Morgan fingerprint density at radius 1 is 1.30 bits per heavy atom. The van der Waals surface area contributed by atoms with Gasteiger partial charge in [0.15, 0.2) is 0 Å². The SMILES string of the molecule is CCCO[C@H](C=C(C)C(=O)O)CNC(=O)OCc1ccccc1. The Kier molecular flexibility index (Phi) is 8.46. The molecule has 126 valence electrons. The molecule has 0 aliphatic carbocycles. The third kappa shape index (κ3) is 8.01. The van der Waals surface area contributed by atoms with E-state index in [0.717, 1.165) is 12.0 Å². The van der Waals surface area contributed by atoms with Crippen molar-refractivity contribution in [2.75, 3.05) is 13.2 Å². The van der Waals surface area contributed by atoms with Crippen LogP contribution in [0.25, 0.3) is 0 Å². The minimum atomic E-state index is -1.01. The topological polar surface area (TPSA) is 84.9 Å². The van der Waals surface area contributed by atoms with Crippen molar-refractivity contribution in [2.24, 2.45) is 0 Å². The zero-order valence-electron chi connectivity index (χ0n) is 13.5. The first-order chi connectivity index (χ1) is 11.0. The first-order valence-electron chi connectivity index (χ1n) is 7.50. The summed E-state index contributed by atoms with van der Waals surface area (Å²) in [6, 6.07) is 9.34. The average molecular weight is 321 g/mol. The molecule has 0 unspecified atom stereocenters. The molecule has 6 nitrogen and oxygen atoms in total. The van der Waals surface area contributed by atoms with Crippen LogP contribution in [0.3, 0.4) is 0 Å². The minimum absolute atomic E-state index is 0.151. The number of aliphatic carboxylic acids is 1. The predicted octanol–water partition coefficient (Wildman–Crippen LogP) is 2.74. The van der Waals surface area contributed by atoms with E-state index in [1.165, 1.54) is 13.0 Å². The largest absolute Gasteiger partial charge is 0.478 e. The fraction of sp³-hybridized carbons (Fsp3) is 0.412. The first-order valence-corrected chi connectivity index (χ1v) is 7.50. The number of carbonyl (C=O) groups excluding carboxylic acids is 1. The van der Waals surface area contributed by atoms with Crippen molar-refractivity contribution < 1.29 is 24.2 Å². The van der Waals surface area contributed by atoms with Crippen LogP contribution in [0, 0.1) is 0 Å². The molecule has 0 heterocycles. The first kappa shape index (κ1) is 18.7. The highest BCUT2D eigenvalue weighted by Crippen LogP contribution is 2.03. The lowest BCUT2D eigenvalue weighted by Gasteiger charge is -2.15. The highest BCUT2D eigenvalue weighted by atomic mass is 16.5. The molecule has 6 heteroatoms. The molecule has 1 aromatic rings. The Morgan fingerprint density at radius 3 is 2.61 bits per heavy atom. The normalized spacial score (nSPS) is 12.5. The summed E-state index contributed by atoms with van der Waals surface area (Å²) in [6.45, 7) is 4.24. The Hall–Kier alpha value is -2.34. The molecule has 1 atom stereocenters. The lowest BCUT2D eigenvalue weighted by atomic mass is 10.2. The second-order valence-corrected chi connectivity index (χ2v) is 5.01. The Bertz CT molecular complexity index is 527. The fourth-order valence-electron chi connectivity index (χ4n) is 1.74. The van der Waals surface area contributed by atoms with Gasteiger partial charge in [-0.3, -0.25) is 0 Å². The van der Waals surface area contributed by atoms with Crippen molar-refractivity contribution in [3.05, 3.63) is 47.5 Å². The van der Waals surface area contributed by atoms with Crippen molar-refractivity contribution in [3.63, 3.8) is 0 Å². The molecule has 2 N–H and O–H groups in total. The molecule has 0 radical (unpaired) electrons. The van der Waals surface area contributed by atoms with E-state index in [2.05, 4.69) is 5.32 Å². The Labute approximate surface area is 136 Å². The predicted molar refractivity (Wildman–Crippen MR) is 86.1 cm³/mol. The summed E-state index contributed by atoms with van der Waals surface area (Å²) in [5.41, 5.74) is 1.06. The molecule has 0 aromatic heterocycles. The summed E-state index contributed by atoms with van der Waals surface area (Å²) < 4.78 is 10.6. The Balaban J connectivity index is 2.44. The van der Waals surface area contributed by atoms with E-state index in [-0.39, 0.29) is 18.7 Å². The van der Waals surface area contributed by atoms with Crippen LogP contribution in [0.5, 0.6) is 0 Å². The number of nitrogens with one attached hydrogen (secondary N) is 1. The molecular weight excluding hydrogens is 298 g/mol. The van der Waals surface area contributed by atoms with Crippen molar-refractivity contribution in [2.45, 2.75) is 33.0 Å². The van der Waals surface area contributed by atoms with Gasteiger partial charge in [0.25, 0.3) is 0 Å². The zero-order chi connectivity index (χ0) is 17.1. The molecule has 0 fully saturated rings. The monoisotopic (exact) mass is 321 g/mol. The molecule has 23 heavy (non-hydrogen) atoms. The summed E-state index contributed by atoms with van der Waals surface area (Å²) in [4.78, 5) is 22.6. The second-order valence-electron chi connectivity index (χ2n) is 5.01. The van der Waals surface area contributed by atoms with E-state index in [1.807, 2.05) is 37.3 Å². The number of alkyl carbamates (subject to hydrolysis) is 1. The van der Waals surface area contributed by atoms with Gasteiger partial charge in [0.2, 0.25) is 0 Å². The standard InChI is InChI=1S/C17H23NO5/c1-3-9-22-15(10-13(2)16(19)20)11-18-17(21)23-12-14-7-5-4-6-8-14/h4-8,10,15H,3,9,11-12H2,1-2H3,(H,18,21)(H,19,20)/t15-/m1/s1. The molecule has 1 aromatic carbocycles. The van der Waals surface area contributed by atoms with Crippen molar-refractivity contribution in [3.8, 4) is 0 Å². The van der Waals surface area contributed by atoms with E-state index >= 15 is 0 Å². The highest BCUT2D eigenvalue weighted by Gasteiger charge is 2.11. The molecule has 1 rings (SSSR count). The summed E-state index contributed by atoms with van der Waals surface area (Å²) in [6.07, 6.45) is 1.21. The second kappa shape index (κ2) is 10.4. The summed E-state index contributed by atoms with van der Waals surface area (Å²) in [5, 5.41) is 11.5. The van der Waals surface area contributed by atoms with Crippen molar-refractivity contribution in [1.82, 2.24) is 5.32 Å². The summed E-state index contributed by atoms with van der Waals surface area (Å²) in [5.74, 6) is -1.01. The van der Waals surface area contributed by atoms with Gasteiger partial charge in [-0.05, 0) is 25.0 Å². The maximum atomic E-state index is 11.7. The quantitative estimate of drug-likeness (QED) is 0.683. The minimum Gasteiger partial charge on any atom is -0.478 e. The van der Waals surface area contributed by atoms with Crippen molar-refractivity contribution in [1.29, 1.82) is 0 Å². The molecule has 1 amide bonds. The van der Waals surface area contributed by atoms with Gasteiger partial charge in [-0.1, -0.05) is 37.3 Å². The number of hydrogen-bond acceptors (Lipinski definition) is 4. The van der Waals surface area contributed by atoms with Gasteiger partial charge in [-0.25, -0.2) is 9.59 Å². The molecule has 0 bridgehead atoms.